The summed E-state index contributed by atoms with van der Waals surface area (Å²) in [5, 5.41) is 0. The molecule has 0 unspecified atom stereocenters. The van der Waals surface area contributed by atoms with E-state index in [1.807, 2.05) is 24.3 Å². The minimum absolute atomic E-state index is 0.104. The van der Waals surface area contributed by atoms with E-state index in [1.165, 1.54) is 0 Å². The molecule has 0 spiro atoms. The highest BCUT2D eigenvalue weighted by molar-refractivity contribution is 5.95. The van der Waals surface area contributed by atoms with Crippen LogP contribution < -0.4 is 9.64 Å². The molecule has 1 amide bonds. The van der Waals surface area contributed by atoms with Gasteiger partial charge in [0.2, 0.25) is 5.91 Å². The zero-order valence-corrected chi connectivity index (χ0v) is 9.69. The molecule has 0 aromatic heterocycles. The molecule has 1 aliphatic heterocycles. The first-order valence-corrected chi connectivity index (χ1v) is 5.78. The zero-order chi connectivity index (χ0) is 12.1. The van der Waals surface area contributed by atoms with Crippen molar-refractivity contribution in [1.82, 2.24) is 0 Å². The van der Waals surface area contributed by atoms with Gasteiger partial charge in [0.15, 0.2) is 0 Å². The molecule has 0 atom stereocenters. The number of ether oxygens (including phenoxy) is 1. The molecular formula is C14H15NO2. The number of benzene rings is 1. The van der Waals surface area contributed by atoms with Crippen molar-refractivity contribution >= 4 is 11.6 Å². The van der Waals surface area contributed by atoms with E-state index in [0.29, 0.717) is 26.0 Å². The summed E-state index contributed by atoms with van der Waals surface area (Å²) in [6, 6.07) is 7.62. The highest BCUT2D eigenvalue weighted by Crippen LogP contribution is 2.30. The summed E-state index contributed by atoms with van der Waals surface area (Å²) in [5.41, 5.74) is 0.854. The quantitative estimate of drug-likeness (QED) is 0.587. The fraction of sp³-hybridized carbons (Fsp3) is 0.357. The molecule has 0 N–H and O–H groups in total. The number of nitrogens with zero attached hydrogens (tertiary/aromatic N) is 1. The van der Waals surface area contributed by atoms with Crippen molar-refractivity contribution in [2.24, 2.45) is 0 Å². The molecule has 0 saturated carbocycles. The molecular weight excluding hydrogens is 214 g/mol. The Morgan fingerprint density at radius 2 is 2.24 bits per heavy atom. The van der Waals surface area contributed by atoms with Crippen molar-refractivity contribution in [3.8, 4) is 18.1 Å². The minimum atomic E-state index is 0.104. The highest BCUT2D eigenvalue weighted by Gasteiger charge is 2.21. The fourth-order valence-corrected chi connectivity index (χ4v) is 1.90. The van der Waals surface area contributed by atoms with E-state index in [0.717, 1.165) is 17.9 Å². The summed E-state index contributed by atoms with van der Waals surface area (Å²) in [5.74, 6) is 3.47. The number of hydrogen-bond acceptors (Lipinski definition) is 2. The molecule has 0 saturated heterocycles. The van der Waals surface area contributed by atoms with E-state index >= 15 is 0 Å². The van der Waals surface area contributed by atoms with E-state index < -0.39 is 0 Å². The van der Waals surface area contributed by atoms with Crippen LogP contribution >= 0.6 is 0 Å². The number of carbonyl (C=O) groups is 1. The smallest absolute Gasteiger partial charge is 0.230 e. The predicted molar refractivity (Wildman–Crippen MR) is 67.0 cm³/mol. The SMILES string of the molecule is C#CCCCN1C(=O)CCOc2ccccc21. The van der Waals surface area contributed by atoms with Gasteiger partial charge in [-0.2, -0.15) is 0 Å². The second-order valence-corrected chi connectivity index (χ2v) is 3.92. The predicted octanol–water partition coefficient (Wildman–Crippen LogP) is 2.22. The molecule has 0 fully saturated rings. The molecule has 1 heterocycles. The van der Waals surface area contributed by atoms with E-state index in [1.54, 1.807) is 4.90 Å². The zero-order valence-electron chi connectivity index (χ0n) is 9.69. The van der Waals surface area contributed by atoms with Crippen LogP contribution in [0.1, 0.15) is 19.3 Å². The first-order chi connectivity index (χ1) is 8.33. The lowest BCUT2D eigenvalue weighted by atomic mass is 10.2. The molecule has 3 nitrogen and oxygen atoms in total. The Balaban J connectivity index is 2.21. The molecule has 2 rings (SSSR count). The van der Waals surface area contributed by atoms with Crippen molar-refractivity contribution in [3.63, 3.8) is 0 Å². The van der Waals surface area contributed by atoms with Crippen LogP contribution in [0.2, 0.25) is 0 Å². The lowest BCUT2D eigenvalue weighted by Gasteiger charge is -2.21. The van der Waals surface area contributed by atoms with E-state index in [-0.39, 0.29) is 5.91 Å². The normalized spacial score (nSPS) is 14.5. The van der Waals surface area contributed by atoms with Gasteiger partial charge in [0.1, 0.15) is 5.75 Å². The second-order valence-electron chi connectivity index (χ2n) is 3.92. The van der Waals surface area contributed by atoms with Crippen LogP contribution in [0.25, 0.3) is 0 Å². The summed E-state index contributed by atoms with van der Waals surface area (Å²) in [7, 11) is 0. The molecule has 3 heteroatoms. The van der Waals surface area contributed by atoms with Gasteiger partial charge in [0, 0.05) is 13.0 Å². The van der Waals surface area contributed by atoms with Crippen molar-refractivity contribution in [2.45, 2.75) is 19.3 Å². The average Bonchev–Trinajstić information content (AvgIpc) is 2.50. The standard InChI is InChI=1S/C14H15NO2/c1-2-3-6-10-15-12-7-4-5-8-13(12)17-11-9-14(15)16/h1,4-5,7-8H,3,6,9-11H2. The number of fused-ring (bicyclic) bond motifs is 1. The van der Waals surface area contributed by atoms with Crippen molar-refractivity contribution in [1.29, 1.82) is 0 Å². The number of amides is 1. The summed E-state index contributed by atoms with van der Waals surface area (Å²) in [6.45, 7) is 1.10. The van der Waals surface area contributed by atoms with E-state index in [9.17, 15) is 4.79 Å². The third-order valence-corrected chi connectivity index (χ3v) is 2.73. The van der Waals surface area contributed by atoms with Crippen LogP contribution in [0.15, 0.2) is 24.3 Å². The van der Waals surface area contributed by atoms with Crippen molar-refractivity contribution in [3.05, 3.63) is 24.3 Å². The molecule has 0 radical (unpaired) electrons. The number of rotatable bonds is 3. The fourth-order valence-electron chi connectivity index (χ4n) is 1.90. The lowest BCUT2D eigenvalue weighted by Crippen LogP contribution is -2.31. The maximum absolute atomic E-state index is 12.0. The number of hydrogen-bond donors (Lipinski definition) is 0. The van der Waals surface area contributed by atoms with Crippen LogP contribution in [-0.4, -0.2) is 19.1 Å². The van der Waals surface area contributed by atoms with Gasteiger partial charge in [-0.15, -0.1) is 12.3 Å². The van der Waals surface area contributed by atoms with Crippen molar-refractivity contribution < 1.29 is 9.53 Å². The van der Waals surface area contributed by atoms with E-state index in [4.69, 9.17) is 11.2 Å². The van der Waals surface area contributed by atoms with Crippen LogP contribution in [0, 0.1) is 12.3 Å². The summed E-state index contributed by atoms with van der Waals surface area (Å²) in [6.07, 6.45) is 7.15. The Morgan fingerprint density at radius 1 is 1.41 bits per heavy atom. The number of anilines is 1. The molecule has 1 aromatic rings. The molecule has 0 aliphatic carbocycles. The van der Waals surface area contributed by atoms with Gasteiger partial charge in [-0.3, -0.25) is 4.79 Å². The Morgan fingerprint density at radius 3 is 3.06 bits per heavy atom. The van der Waals surface area contributed by atoms with Gasteiger partial charge in [0.25, 0.3) is 0 Å². The Bertz CT molecular complexity index is 448. The van der Waals surface area contributed by atoms with E-state index in [2.05, 4.69) is 5.92 Å². The van der Waals surface area contributed by atoms with Gasteiger partial charge < -0.3 is 9.64 Å². The Hall–Kier alpha value is -1.95. The third kappa shape index (κ3) is 2.59. The minimum Gasteiger partial charge on any atom is -0.491 e. The summed E-state index contributed by atoms with van der Waals surface area (Å²) >= 11 is 0. The Labute approximate surface area is 101 Å². The number of unbranched alkanes of at least 4 members (excludes halogenated alkanes) is 1. The van der Waals surface area contributed by atoms with Gasteiger partial charge in [-0.25, -0.2) is 0 Å². The largest absolute Gasteiger partial charge is 0.491 e. The topological polar surface area (TPSA) is 29.5 Å². The van der Waals surface area contributed by atoms with Crippen LogP contribution in [0.5, 0.6) is 5.75 Å². The maximum Gasteiger partial charge on any atom is 0.230 e. The van der Waals surface area contributed by atoms with Gasteiger partial charge >= 0.3 is 0 Å². The van der Waals surface area contributed by atoms with Gasteiger partial charge in [-0.1, -0.05) is 12.1 Å². The van der Waals surface area contributed by atoms with Crippen LogP contribution in [0.3, 0.4) is 0 Å². The maximum atomic E-state index is 12.0. The number of terminal acetylenes is 1. The first-order valence-electron chi connectivity index (χ1n) is 5.78. The van der Waals surface area contributed by atoms with Gasteiger partial charge in [0.05, 0.1) is 18.7 Å². The van der Waals surface area contributed by atoms with Crippen LogP contribution in [-0.2, 0) is 4.79 Å². The Kier molecular flexibility index (Phi) is 3.66. The second kappa shape index (κ2) is 5.40. The molecule has 17 heavy (non-hydrogen) atoms. The first kappa shape index (κ1) is 11.5. The van der Waals surface area contributed by atoms with Crippen LogP contribution in [0.4, 0.5) is 5.69 Å². The molecule has 1 aromatic carbocycles. The summed E-state index contributed by atoms with van der Waals surface area (Å²) < 4.78 is 5.55. The van der Waals surface area contributed by atoms with Crippen molar-refractivity contribution in [2.75, 3.05) is 18.1 Å². The molecule has 0 bridgehead atoms. The molecule has 88 valence electrons. The summed E-state index contributed by atoms with van der Waals surface area (Å²) in [4.78, 5) is 13.7. The molecule has 1 aliphatic rings. The number of para-hydroxylation sites is 2. The van der Waals surface area contributed by atoms with Gasteiger partial charge in [-0.05, 0) is 18.6 Å². The lowest BCUT2D eigenvalue weighted by molar-refractivity contribution is -0.118. The average molecular weight is 229 g/mol. The highest BCUT2D eigenvalue weighted by atomic mass is 16.5. The number of carbonyl (C=O) groups excluding carboxylic acids is 1. The third-order valence-electron chi connectivity index (χ3n) is 2.73. The monoisotopic (exact) mass is 229 g/mol.